The van der Waals surface area contributed by atoms with Crippen LogP contribution in [-0.2, 0) is 0 Å². The van der Waals surface area contributed by atoms with E-state index in [1.165, 1.54) is 0 Å². The molecule has 0 radical (unpaired) electrons. The third-order valence-electron chi connectivity index (χ3n) is 4.31. The summed E-state index contributed by atoms with van der Waals surface area (Å²) in [5.41, 5.74) is 1.94. The Balaban J connectivity index is 1.71. The van der Waals surface area contributed by atoms with Gasteiger partial charge in [-0.15, -0.1) is 0 Å². The Morgan fingerprint density at radius 1 is 1.16 bits per heavy atom. The van der Waals surface area contributed by atoms with Crippen molar-refractivity contribution >= 4 is 32.8 Å². The van der Waals surface area contributed by atoms with Crippen molar-refractivity contribution in [1.82, 2.24) is 15.0 Å². The van der Waals surface area contributed by atoms with E-state index >= 15 is 0 Å². The highest BCUT2D eigenvalue weighted by atomic mass is 79.9. The number of hydrogen-bond donors (Lipinski definition) is 2. The van der Waals surface area contributed by atoms with Crippen LogP contribution in [0.5, 0.6) is 11.5 Å². The van der Waals surface area contributed by atoms with Gasteiger partial charge in [0.05, 0.1) is 11.4 Å². The minimum atomic E-state index is 0.0794. The van der Waals surface area contributed by atoms with Crippen LogP contribution in [0.2, 0.25) is 0 Å². The largest absolute Gasteiger partial charge is 0.486 e. The van der Waals surface area contributed by atoms with Gasteiger partial charge in [-0.2, -0.15) is 0 Å². The zero-order valence-corrected chi connectivity index (χ0v) is 15.6. The molecule has 1 aliphatic heterocycles. The Kier molecular flexibility index (Phi) is 4.25. The molecule has 3 heterocycles. The molecule has 0 amide bonds. The first kappa shape index (κ1) is 16.2. The first-order valence-electron chi connectivity index (χ1n) is 8.27. The smallest absolute Gasteiger partial charge is 0.161 e. The molecule has 0 unspecified atom stereocenters. The Bertz CT molecular complexity index is 909. The molecule has 1 aliphatic rings. The quantitative estimate of drug-likeness (QED) is 0.680. The molecule has 4 rings (SSSR count). The van der Waals surface area contributed by atoms with Crippen LogP contribution >= 0.6 is 15.9 Å². The van der Waals surface area contributed by atoms with Crippen LogP contribution in [0, 0.1) is 5.92 Å². The van der Waals surface area contributed by atoms with E-state index in [0.717, 1.165) is 38.4 Å². The number of rotatable bonds is 4. The summed E-state index contributed by atoms with van der Waals surface area (Å²) in [6, 6.07) is 6.19. The summed E-state index contributed by atoms with van der Waals surface area (Å²) >= 11 is 3.56. The lowest BCUT2D eigenvalue weighted by Crippen LogP contribution is -2.19. The van der Waals surface area contributed by atoms with Crippen LogP contribution in [0.25, 0.3) is 11.0 Å². The van der Waals surface area contributed by atoms with E-state index in [1.54, 1.807) is 6.33 Å². The number of halogens is 1. The maximum Gasteiger partial charge on any atom is 0.161 e. The average molecular weight is 403 g/mol. The second kappa shape index (κ2) is 6.55. The summed E-state index contributed by atoms with van der Waals surface area (Å²) < 4.78 is 12.3. The van der Waals surface area contributed by atoms with Gasteiger partial charge in [-0.1, -0.05) is 19.9 Å². The van der Waals surface area contributed by atoms with Crippen LogP contribution in [0.1, 0.15) is 25.5 Å². The number of anilines is 1. The van der Waals surface area contributed by atoms with Crippen molar-refractivity contribution in [2.45, 2.75) is 19.9 Å². The van der Waals surface area contributed by atoms with Crippen molar-refractivity contribution in [2.24, 2.45) is 5.92 Å². The number of nitrogens with one attached hydrogen (secondary N) is 2. The first-order valence-corrected chi connectivity index (χ1v) is 9.06. The first-order chi connectivity index (χ1) is 12.1. The number of fused-ring (bicyclic) bond motifs is 2. The van der Waals surface area contributed by atoms with Crippen LogP contribution in [0.15, 0.2) is 35.2 Å². The SMILES string of the molecule is CC(C)[C@@H](Nc1ncnc2[nH]cc(Br)c12)c1ccc2c(c1)OCCO2. The van der Waals surface area contributed by atoms with Gasteiger partial charge >= 0.3 is 0 Å². The average Bonchev–Trinajstić information content (AvgIpc) is 3.01. The molecule has 0 aliphatic carbocycles. The molecule has 130 valence electrons. The highest BCUT2D eigenvalue weighted by molar-refractivity contribution is 9.10. The number of H-pyrrole nitrogens is 1. The second-order valence-electron chi connectivity index (χ2n) is 6.35. The summed E-state index contributed by atoms with van der Waals surface area (Å²) in [4.78, 5) is 11.9. The van der Waals surface area contributed by atoms with Gasteiger partial charge in [-0.05, 0) is 39.5 Å². The van der Waals surface area contributed by atoms with Crippen molar-refractivity contribution in [3.63, 3.8) is 0 Å². The molecule has 0 saturated heterocycles. The molecular weight excluding hydrogens is 384 g/mol. The van der Waals surface area contributed by atoms with Crippen molar-refractivity contribution in [3.05, 3.63) is 40.8 Å². The van der Waals surface area contributed by atoms with Gasteiger partial charge in [0.25, 0.3) is 0 Å². The maximum absolute atomic E-state index is 5.73. The number of hydrogen-bond acceptors (Lipinski definition) is 5. The van der Waals surface area contributed by atoms with E-state index in [4.69, 9.17) is 9.47 Å². The van der Waals surface area contributed by atoms with Crippen LogP contribution < -0.4 is 14.8 Å². The summed E-state index contributed by atoms with van der Waals surface area (Å²) in [5, 5.41) is 4.52. The van der Waals surface area contributed by atoms with Gasteiger partial charge in [-0.25, -0.2) is 9.97 Å². The summed E-state index contributed by atoms with van der Waals surface area (Å²) in [6.45, 7) is 5.54. The summed E-state index contributed by atoms with van der Waals surface area (Å²) in [7, 11) is 0. The fraction of sp³-hybridized carbons (Fsp3) is 0.333. The molecule has 25 heavy (non-hydrogen) atoms. The van der Waals surface area contributed by atoms with Gasteiger partial charge < -0.3 is 19.8 Å². The standard InChI is InChI=1S/C18H19BrN4O2/c1-10(2)16(11-3-4-13-14(7-11)25-6-5-24-13)23-18-15-12(19)8-20-17(15)21-9-22-18/h3-4,7-10,16H,5-6H2,1-2H3,(H2,20,21,22,23)/t16-/m1/s1. The third-order valence-corrected chi connectivity index (χ3v) is 4.93. The van der Waals surface area contributed by atoms with Gasteiger partial charge in [-0.3, -0.25) is 0 Å². The Morgan fingerprint density at radius 2 is 1.96 bits per heavy atom. The molecule has 7 heteroatoms. The van der Waals surface area contributed by atoms with Crippen molar-refractivity contribution < 1.29 is 9.47 Å². The lowest BCUT2D eigenvalue weighted by Gasteiger charge is -2.26. The molecule has 2 aromatic heterocycles. The topological polar surface area (TPSA) is 72.1 Å². The fourth-order valence-corrected chi connectivity index (χ4v) is 3.56. The number of ether oxygens (including phenoxy) is 2. The minimum absolute atomic E-state index is 0.0794. The number of aromatic amines is 1. The number of benzene rings is 1. The predicted molar refractivity (Wildman–Crippen MR) is 100 cm³/mol. The zero-order chi connectivity index (χ0) is 17.4. The lowest BCUT2D eigenvalue weighted by molar-refractivity contribution is 0.171. The van der Waals surface area contributed by atoms with E-state index in [9.17, 15) is 0 Å². The Hall–Kier alpha value is -2.28. The normalized spacial score (nSPS) is 14.7. The molecule has 2 N–H and O–H groups in total. The highest BCUT2D eigenvalue weighted by Gasteiger charge is 2.21. The third kappa shape index (κ3) is 3.04. The monoisotopic (exact) mass is 402 g/mol. The van der Waals surface area contributed by atoms with Crippen LogP contribution in [0.4, 0.5) is 5.82 Å². The second-order valence-corrected chi connectivity index (χ2v) is 7.21. The van der Waals surface area contributed by atoms with Crippen LogP contribution in [0.3, 0.4) is 0 Å². The molecule has 1 aromatic carbocycles. The number of nitrogens with zero attached hydrogens (tertiary/aromatic N) is 2. The Morgan fingerprint density at radius 3 is 2.76 bits per heavy atom. The van der Waals surface area contributed by atoms with E-state index in [-0.39, 0.29) is 6.04 Å². The van der Waals surface area contributed by atoms with E-state index in [0.29, 0.717) is 19.1 Å². The van der Waals surface area contributed by atoms with Gasteiger partial charge in [0.1, 0.15) is 31.0 Å². The molecule has 0 bridgehead atoms. The van der Waals surface area contributed by atoms with E-state index < -0.39 is 0 Å². The maximum atomic E-state index is 5.73. The van der Waals surface area contributed by atoms with Crippen molar-refractivity contribution in [2.75, 3.05) is 18.5 Å². The molecule has 1 atom stereocenters. The van der Waals surface area contributed by atoms with Crippen molar-refractivity contribution in [3.8, 4) is 11.5 Å². The molecule has 0 spiro atoms. The highest BCUT2D eigenvalue weighted by Crippen LogP contribution is 2.37. The zero-order valence-electron chi connectivity index (χ0n) is 14.0. The molecule has 6 nitrogen and oxygen atoms in total. The number of aromatic nitrogens is 3. The van der Waals surface area contributed by atoms with Crippen molar-refractivity contribution in [1.29, 1.82) is 0 Å². The van der Waals surface area contributed by atoms with Gasteiger partial charge in [0.2, 0.25) is 0 Å². The predicted octanol–water partition coefficient (Wildman–Crippen LogP) is 4.30. The lowest BCUT2D eigenvalue weighted by atomic mass is 9.95. The van der Waals surface area contributed by atoms with E-state index in [2.05, 4.69) is 62.2 Å². The minimum Gasteiger partial charge on any atom is -0.486 e. The molecule has 3 aromatic rings. The van der Waals surface area contributed by atoms with Gasteiger partial charge in [0.15, 0.2) is 11.5 Å². The Labute approximate surface area is 154 Å². The van der Waals surface area contributed by atoms with E-state index in [1.807, 2.05) is 12.3 Å². The summed E-state index contributed by atoms with van der Waals surface area (Å²) in [6.07, 6.45) is 3.44. The van der Waals surface area contributed by atoms with Gasteiger partial charge in [0, 0.05) is 10.7 Å². The van der Waals surface area contributed by atoms with Crippen LogP contribution in [-0.4, -0.2) is 28.2 Å². The molecule has 0 fully saturated rings. The fourth-order valence-electron chi connectivity index (χ4n) is 3.07. The molecular formula is C18H19BrN4O2. The summed E-state index contributed by atoms with van der Waals surface area (Å²) in [5.74, 6) is 2.75. The molecule has 0 saturated carbocycles.